The normalized spacial score (nSPS) is 18.2. The number of hydrogen-bond acceptors (Lipinski definition) is 6. The molecule has 184 valence electrons. The zero-order valence-electron chi connectivity index (χ0n) is 20.8. The molecule has 35 heavy (non-hydrogen) atoms. The molecule has 5 rings (SSSR count). The lowest BCUT2D eigenvalue weighted by atomic mass is 10.0. The van der Waals surface area contributed by atoms with Crippen molar-refractivity contribution in [2.45, 2.75) is 36.4 Å². The van der Waals surface area contributed by atoms with E-state index in [1.165, 1.54) is 34.3 Å². The summed E-state index contributed by atoms with van der Waals surface area (Å²) in [6, 6.07) is 15.5. The Balaban J connectivity index is 1.36. The number of piperidine rings is 1. The maximum absolute atomic E-state index is 5.56. The quantitative estimate of drug-likeness (QED) is 0.270. The Kier molecular flexibility index (Phi) is 7.43. The summed E-state index contributed by atoms with van der Waals surface area (Å²) in [4.78, 5) is 3.58. The van der Waals surface area contributed by atoms with Gasteiger partial charge in [-0.05, 0) is 81.6 Å². The lowest BCUT2D eigenvalue weighted by Crippen LogP contribution is -2.36. The highest BCUT2D eigenvalue weighted by Gasteiger charge is 2.25. The number of methoxy groups -OCH3 is 1. The standard InChI is InChI=1S/C28H34N4O2S/c1-31-14-11-20(12-15-31)30-25-7-4-8-27-24(25)16-21(32(27)18-22-19-34-22)6-5-13-29-26-10-9-23(35-3)17-28(26)33-2/h4,7-10,16-17,20,22,29-30H,11-15,18-19H2,1-3H3. The van der Waals surface area contributed by atoms with Gasteiger partial charge in [-0.25, -0.2) is 0 Å². The van der Waals surface area contributed by atoms with Gasteiger partial charge in [0, 0.05) is 22.0 Å². The van der Waals surface area contributed by atoms with Crippen molar-refractivity contribution in [2.75, 3.05) is 57.3 Å². The molecule has 2 N–H and O–H groups in total. The molecule has 0 radical (unpaired) electrons. The van der Waals surface area contributed by atoms with Crippen LogP contribution in [0.3, 0.4) is 0 Å². The smallest absolute Gasteiger partial charge is 0.143 e. The van der Waals surface area contributed by atoms with Crippen LogP contribution in [0.5, 0.6) is 5.75 Å². The molecule has 0 amide bonds. The van der Waals surface area contributed by atoms with Crippen molar-refractivity contribution < 1.29 is 9.47 Å². The van der Waals surface area contributed by atoms with Gasteiger partial charge in [0.15, 0.2) is 0 Å². The molecule has 1 atom stereocenters. The van der Waals surface area contributed by atoms with Gasteiger partial charge >= 0.3 is 0 Å². The number of thioether (sulfide) groups is 1. The molecule has 0 spiro atoms. The number of nitrogens with zero attached hydrogens (tertiary/aromatic N) is 2. The third-order valence-electron chi connectivity index (χ3n) is 6.80. The minimum absolute atomic E-state index is 0.286. The van der Waals surface area contributed by atoms with E-state index in [2.05, 4.69) is 81.6 Å². The minimum Gasteiger partial charge on any atom is -0.495 e. The zero-order chi connectivity index (χ0) is 24.2. The fourth-order valence-electron chi connectivity index (χ4n) is 4.68. The average molecular weight is 491 g/mol. The van der Waals surface area contributed by atoms with Crippen molar-refractivity contribution in [1.29, 1.82) is 0 Å². The molecular weight excluding hydrogens is 456 g/mol. The van der Waals surface area contributed by atoms with Crippen molar-refractivity contribution in [3.05, 3.63) is 48.2 Å². The molecule has 2 saturated heterocycles. The molecular formula is C28H34N4O2S. The van der Waals surface area contributed by atoms with Crippen molar-refractivity contribution in [3.63, 3.8) is 0 Å². The molecule has 0 bridgehead atoms. The number of hydrogen-bond donors (Lipinski definition) is 2. The number of likely N-dealkylation sites (tertiary alicyclic amines) is 1. The van der Waals surface area contributed by atoms with Crippen LogP contribution in [0.2, 0.25) is 0 Å². The fourth-order valence-corrected chi connectivity index (χ4v) is 5.11. The number of ether oxygens (including phenoxy) is 2. The Morgan fingerprint density at radius 1 is 1.14 bits per heavy atom. The van der Waals surface area contributed by atoms with Gasteiger partial charge in [-0.2, -0.15) is 0 Å². The third kappa shape index (κ3) is 5.72. The molecule has 7 heteroatoms. The SMILES string of the molecule is COc1cc(SC)ccc1NCC#Cc1cc2c(NC3CCN(C)CC3)cccc2n1CC1CO1. The van der Waals surface area contributed by atoms with Crippen LogP contribution >= 0.6 is 11.8 Å². The van der Waals surface area contributed by atoms with Gasteiger partial charge in [-0.1, -0.05) is 12.0 Å². The second kappa shape index (κ2) is 10.9. The maximum atomic E-state index is 5.56. The van der Waals surface area contributed by atoms with Crippen molar-refractivity contribution >= 4 is 34.0 Å². The van der Waals surface area contributed by atoms with Gasteiger partial charge in [0.2, 0.25) is 0 Å². The molecule has 0 saturated carbocycles. The summed E-state index contributed by atoms with van der Waals surface area (Å²) < 4.78 is 13.4. The Morgan fingerprint density at radius 3 is 2.71 bits per heavy atom. The molecule has 1 aromatic heterocycles. The first-order chi connectivity index (χ1) is 17.1. The summed E-state index contributed by atoms with van der Waals surface area (Å²) in [5.74, 6) is 7.58. The van der Waals surface area contributed by atoms with Crippen molar-refractivity contribution in [1.82, 2.24) is 9.47 Å². The van der Waals surface area contributed by atoms with Gasteiger partial charge < -0.3 is 29.6 Å². The van der Waals surface area contributed by atoms with E-state index in [9.17, 15) is 0 Å². The van der Waals surface area contributed by atoms with E-state index in [0.717, 1.165) is 43.4 Å². The first kappa shape index (κ1) is 23.9. The molecule has 2 aliphatic rings. The van der Waals surface area contributed by atoms with Crippen LogP contribution in [0.4, 0.5) is 11.4 Å². The summed E-state index contributed by atoms with van der Waals surface area (Å²) in [6.07, 6.45) is 4.69. The van der Waals surface area contributed by atoms with Gasteiger partial charge in [-0.3, -0.25) is 0 Å². The number of anilines is 2. The van der Waals surface area contributed by atoms with Gasteiger partial charge in [0.05, 0.1) is 49.8 Å². The second-order valence-electron chi connectivity index (χ2n) is 9.28. The maximum Gasteiger partial charge on any atom is 0.143 e. The first-order valence-corrected chi connectivity index (χ1v) is 13.5. The lowest BCUT2D eigenvalue weighted by molar-refractivity contribution is 0.264. The topological polar surface area (TPSA) is 54.0 Å². The van der Waals surface area contributed by atoms with Crippen molar-refractivity contribution in [3.8, 4) is 17.6 Å². The first-order valence-electron chi connectivity index (χ1n) is 12.3. The van der Waals surface area contributed by atoms with Gasteiger partial charge in [0.1, 0.15) is 5.75 Å². The fraction of sp³-hybridized carbons (Fsp3) is 0.429. The van der Waals surface area contributed by atoms with Crippen LogP contribution in [0, 0.1) is 11.8 Å². The van der Waals surface area contributed by atoms with Crippen LogP contribution in [-0.2, 0) is 11.3 Å². The van der Waals surface area contributed by atoms with Crippen LogP contribution < -0.4 is 15.4 Å². The Bertz CT molecular complexity index is 1230. The summed E-state index contributed by atoms with van der Waals surface area (Å²) >= 11 is 1.70. The highest BCUT2D eigenvalue weighted by molar-refractivity contribution is 7.98. The van der Waals surface area contributed by atoms with Crippen LogP contribution in [0.1, 0.15) is 18.5 Å². The highest BCUT2D eigenvalue weighted by atomic mass is 32.2. The molecule has 2 aliphatic heterocycles. The van der Waals surface area contributed by atoms with Gasteiger partial charge in [0.25, 0.3) is 0 Å². The summed E-state index contributed by atoms with van der Waals surface area (Å²) in [6.45, 7) is 4.48. The van der Waals surface area contributed by atoms with E-state index >= 15 is 0 Å². The summed E-state index contributed by atoms with van der Waals surface area (Å²) in [7, 11) is 3.90. The second-order valence-corrected chi connectivity index (χ2v) is 10.2. The van der Waals surface area contributed by atoms with Crippen LogP contribution in [0.25, 0.3) is 10.9 Å². The average Bonchev–Trinajstić information content (AvgIpc) is 3.64. The van der Waals surface area contributed by atoms with E-state index in [0.29, 0.717) is 12.6 Å². The van der Waals surface area contributed by atoms with Crippen molar-refractivity contribution in [2.24, 2.45) is 0 Å². The van der Waals surface area contributed by atoms with E-state index in [4.69, 9.17) is 9.47 Å². The number of benzene rings is 2. The minimum atomic E-state index is 0.286. The Hall–Kier alpha value is -2.79. The monoisotopic (exact) mass is 490 g/mol. The van der Waals surface area contributed by atoms with Gasteiger partial charge in [-0.15, -0.1) is 11.8 Å². The Labute approximate surface area is 212 Å². The molecule has 6 nitrogen and oxygen atoms in total. The van der Waals surface area contributed by atoms with E-state index < -0.39 is 0 Å². The number of rotatable bonds is 8. The number of nitrogens with one attached hydrogen (secondary N) is 2. The molecule has 2 fully saturated rings. The predicted molar refractivity (Wildman–Crippen MR) is 146 cm³/mol. The molecule has 3 aromatic rings. The van der Waals surface area contributed by atoms with E-state index in [1.54, 1.807) is 18.9 Å². The summed E-state index contributed by atoms with van der Waals surface area (Å²) in [5, 5.41) is 8.46. The number of fused-ring (bicyclic) bond motifs is 1. The Morgan fingerprint density at radius 2 is 1.97 bits per heavy atom. The summed E-state index contributed by atoms with van der Waals surface area (Å²) in [5.41, 5.74) is 4.40. The number of epoxide rings is 1. The third-order valence-corrected chi connectivity index (χ3v) is 7.53. The van der Waals surface area contributed by atoms with E-state index in [-0.39, 0.29) is 6.10 Å². The highest BCUT2D eigenvalue weighted by Crippen LogP contribution is 2.31. The molecule has 2 aromatic carbocycles. The van der Waals surface area contributed by atoms with E-state index in [1.807, 2.05) is 6.07 Å². The predicted octanol–water partition coefficient (Wildman–Crippen LogP) is 4.74. The number of aromatic nitrogens is 1. The van der Waals surface area contributed by atoms with Crippen LogP contribution in [0.15, 0.2) is 47.4 Å². The largest absolute Gasteiger partial charge is 0.495 e. The molecule has 1 unspecified atom stereocenters. The molecule has 0 aliphatic carbocycles. The lowest BCUT2D eigenvalue weighted by Gasteiger charge is -2.30. The molecule has 3 heterocycles. The zero-order valence-corrected chi connectivity index (χ0v) is 21.6. The van der Waals surface area contributed by atoms with Crippen LogP contribution in [-0.4, -0.2) is 68.3 Å².